The SMILES string of the molecule is O=C([C@H]1COc2ccccc2O1)N1CCN(Cc2cc(=O)n3ccsc3n2)CC1. The molecule has 2 aliphatic heterocycles. The van der Waals surface area contributed by atoms with Crippen molar-refractivity contribution in [1.82, 2.24) is 19.2 Å². The minimum absolute atomic E-state index is 0.0458. The second-order valence-electron chi connectivity index (χ2n) is 7.11. The van der Waals surface area contributed by atoms with Gasteiger partial charge in [0.05, 0.1) is 5.69 Å². The highest BCUT2D eigenvalue weighted by Gasteiger charge is 2.32. The lowest BCUT2D eigenvalue weighted by Gasteiger charge is -2.37. The number of hydrogen-bond acceptors (Lipinski definition) is 7. The summed E-state index contributed by atoms with van der Waals surface area (Å²) in [5.74, 6) is 1.24. The van der Waals surface area contributed by atoms with Crippen LogP contribution in [0, 0.1) is 0 Å². The van der Waals surface area contributed by atoms with Gasteiger partial charge < -0.3 is 14.4 Å². The summed E-state index contributed by atoms with van der Waals surface area (Å²) in [6.45, 7) is 3.50. The van der Waals surface area contributed by atoms with E-state index in [0.29, 0.717) is 36.1 Å². The molecule has 2 aromatic heterocycles. The number of fused-ring (bicyclic) bond motifs is 2. The summed E-state index contributed by atoms with van der Waals surface area (Å²) in [6.07, 6.45) is 1.12. The molecule has 0 spiro atoms. The largest absolute Gasteiger partial charge is 0.485 e. The van der Waals surface area contributed by atoms with Gasteiger partial charge in [-0.1, -0.05) is 12.1 Å². The van der Waals surface area contributed by atoms with E-state index >= 15 is 0 Å². The van der Waals surface area contributed by atoms with Gasteiger partial charge in [0.1, 0.15) is 6.61 Å². The van der Waals surface area contributed by atoms with Crippen molar-refractivity contribution in [3.63, 3.8) is 0 Å². The Labute approximate surface area is 170 Å². The number of carbonyl (C=O) groups excluding carboxylic acids is 1. The molecule has 29 heavy (non-hydrogen) atoms. The number of nitrogens with zero attached hydrogens (tertiary/aromatic N) is 4. The highest BCUT2D eigenvalue weighted by molar-refractivity contribution is 7.15. The molecule has 1 amide bonds. The van der Waals surface area contributed by atoms with Crippen LogP contribution >= 0.6 is 11.3 Å². The number of para-hydroxylation sites is 2. The topological polar surface area (TPSA) is 76.4 Å². The lowest BCUT2D eigenvalue weighted by molar-refractivity contribution is -0.143. The molecule has 3 aromatic rings. The molecule has 0 radical (unpaired) electrons. The number of piperazine rings is 1. The Hall–Kier alpha value is -2.91. The number of hydrogen-bond donors (Lipinski definition) is 0. The Morgan fingerprint density at radius 3 is 2.79 bits per heavy atom. The molecule has 0 N–H and O–H groups in total. The van der Waals surface area contributed by atoms with Crippen LogP contribution in [-0.2, 0) is 11.3 Å². The highest BCUT2D eigenvalue weighted by Crippen LogP contribution is 2.31. The van der Waals surface area contributed by atoms with E-state index in [-0.39, 0.29) is 18.1 Å². The van der Waals surface area contributed by atoms with Crippen LogP contribution < -0.4 is 15.0 Å². The number of thiazole rings is 1. The van der Waals surface area contributed by atoms with Crippen LogP contribution in [0.25, 0.3) is 4.96 Å². The van der Waals surface area contributed by atoms with E-state index < -0.39 is 6.10 Å². The molecular formula is C20H20N4O4S. The zero-order valence-electron chi connectivity index (χ0n) is 15.7. The number of rotatable bonds is 3. The smallest absolute Gasteiger partial charge is 0.267 e. The van der Waals surface area contributed by atoms with E-state index in [1.54, 1.807) is 16.7 Å². The third-order valence-corrected chi connectivity index (χ3v) is 5.97. The summed E-state index contributed by atoms with van der Waals surface area (Å²) in [5.41, 5.74) is 0.702. The molecule has 1 saturated heterocycles. The van der Waals surface area contributed by atoms with E-state index in [1.165, 1.54) is 11.3 Å². The Morgan fingerprint density at radius 1 is 1.17 bits per heavy atom. The molecule has 0 aliphatic carbocycles. The first-order valence-corrected chi connectivity index (χ1v) is 10.4. The van der Waals surface area contributed by atoms with Gasteiger partial charge >= 0.3 is 0 Å². The summed E-state index contributed by atoms with van der Waals surface area (Å²) in [5, 5.41) is 1.85. The van der Waals surface area contributed by atoms with Crippen LogP contribution in [0.3, 0.4) is 0 Å². The van der Waals surface area contributed by atoms with Crippen molar-refractivity contribution in [3.05, 3.63) is 58.0 Å². The fraction of sp³-hybridized carbons (Fsp3) is 0.350. The second kappa shape index (κ2) is 7.49. The van der Waals surface area contributed by atoms with Gasteiger partial charge in [-0.15, -0.1) is 11.3 Å². The van der Waals surface area contributed by atoms with Crippen molar-refractivity contribution in [2.75, 3.05) is 32.8 Å². The van der Waals surface area contributed by atoms with Gasteiger partial charge in [-0.25, -0.2) is 4.98 Å². The van der Waals surface area contributed by atoms with Crippen molar-refractivity contribution in [3.8, 4) is 11.5 Å². The second-order valence-corrected chi connectivity index (χ2v) is 7.98. The molecule has 5 rings (SSSR count). The van der Waals surface area contributed by atoms with Gasteiger partial charge in [-0.3, -0.25) is 18.9 Å². The van der Waals surface area contributed by atoms with Crippen molar-refractivity contribution in [2.45, 2.75) is 12.6 Å². The maximum atomic E-state index is 12.8. The van der Waals surface area contributed by atoms with E-state index in [2.05, 4.69) is 9.88 Å². The molecule has 1 fully saturated rings. The predicted octanol–water partition coefficient (Wildman–Crippen LogP) is 1.24. The minimum atomic E-state index is -0.612. The number of amides is 1. The number of aromatic nitrogens is 2. The fourth-order valence-corrected chi connectivity index (χ4v) is 4.41. The lowest BCUT2D eigenvalue weighted by Crippen LogP contribution is -2.53. The zero-order chi connectivity index (χ0) is 19.8. The van der Waals surface area contributed by atoms with Crippen LogP contribution in [0.1, 0.15) is 5.69 Å². The molecule has 4 heterocycles. The van der Waals surface area contributed by atoms with E-state index in [1.807, 2.05) is 34.5 Å². The van der Waals surface area contributed by atoms with Crippen molar-refractivity contribution in [2.24, 2.45) is 0 Å². The first kappa shape index (κ1) is 18.1. The monoisotopic (exact) mass is 412 g/mol. The lowest BCUT2D eigenvalue weighted by atomic mass is 10.2. The predicted molar refractivity (Wildman–Crippen MR) is 108 cm³/mol. The van der Waals surface area contributed by atoms with Gasteiger partial charge in [0, 0.05) is 50.4 Å². The molecule has 8 nitrogen and oxygen atoms in total. The maximum Gasteiger partial charge on any atom is 0.267 e. The Morgan fingerprint density at radius 2 is 1.97 bits per heavy atom. The van der Waals surface area contributed by atoms with E-state index in [4.69, 9.17) is 9.47 Å². The van der Waals surface area contributed by atoms with Crippen molar-refractivity contribution in [1.29, 1.82) is 0 Å². The summed E-state index contributed by atoms with van der Waals surface area (Å²) >= 11 is 1.45. The fourth-order valence-electron chi connectivity index (χ4n) is 3.67. The molecule has 1 atom stereocenters. The standard InChI is InChI=1S/C20H20N4O4S/c25-18-11-14(21-20-24(18)9-10-29-20)12-22-5-7-23(8-6-22)19(26)17-13-27-15-3-1-2-4-16(15)28-17/h1-4,9-11,17H,5-8,12-13H2/t17-/m1/s1. The van der Waals surface area contributed by atoms with Crippen LogP contribution in [-0.4, -0.2) is 64.0 Å². The molecule has 0 saturated carbocycles. The molecule has 2 aliphatic rings. The number of carbonyl (C=O) groups is 1. The third kappa shape index (κ3) is 3.58. The third-order valence-electron chi connectivity index (χ3n) is 5.21. The van der Waals surface area contributed by atoms with Crippen LogP contribution in [0.15, 0.2) is 46.7 Å². The normalized spacial score (nSPS) is 19.4. The number of benzene rings is 1. The Balaban J connectivity index is 1.19. The highest BCUT2D eigenvalue weighted by atomic mass is 32.1. The average molecular weight is 412 g/mol. The van der Waals surface area contributed by atoms with Crippen LogP contribution in [0.5, 0.6) is 11.5 Å². The average Bonchev–Trinajstić information content (AvgIpc) is 3.23. The van der Waals surface area contributed by atoms with Gasteiger partial charge in [-0.05, 0) is 12.1 Å². The molecule has 9 heteroatoms. The van der Waals surface area contributed by atoms with E-state index in [0.717, 1.165) is 18.8 Å². The first-order valence-electron chi connectivity index (χ1n) is 9.53. The number of ether oxygens (including phenoxy) is 2. The molecule has 1 aromatic carbocycles. The molecule has 150 valence electrons. The molecule has 0 bridgehead atoms. The van der Waals surface area contributed by atoms with Gasteiger partial charge in [-0.2, -0.15) is 0 Å². The summed E-state index contributed by atoms with van der Waals surface area (Å²) in [7, 11) is 0. The molecular weight excluding hydrogens is 392 g/mol. The quantitative estimate of drug-likeness (QED) is 0.644. The van der Waals surface area contributed by atoms with Gasteiger partial charge in [0.15, 0.2) is 16.5 Å². The molecule has 0 unspecified atom stereocenters. The van der Waals surface area contributed by atoms with Gasteiger partial charge in [0.25, 0.3) is 11.5 Å². The van der Waals surface area contributed by atoms with E-state index in [9.17, 15) is 9.59 Å². The van der Waals surface area contributed by atoms with Crippen molar-refractivity contribution < 1.29 is 14.3 Å². The van der Waals surface area contributed by atoms with Crippen LogP contribution in [0.2, 0.25) is 0 Å². The summed E-state index contributed by atoms with van der Waals surface area (Å²) in [4.78, 5) is 34.3. The van der Waals surface area contributed by atoms with Gasteiger partial charge in [0.2, 0.25) is 6.10 Å². The minimum Gasteiger partial charge on any atom is -0.485 e. The first-order chi connectivity index (χ1) is 14.2. The van der Waals surface area contributed by atoms with Crippen molar-refractivity contribution >= 4 is 22.2 Å². The van der Waals surface area contributed by atoms with Crippen LogP contribution in [0.4, 0.5) is 0 Å². The zero-order valence-corrected chi connectivity index (χ0v) is 16.5. The summed E-state index contributed by atoms with van der Waals surface area (Å²) < 4.78 is 13.1. The summed E-state index contributed by atoms with van der Waals surface area (Å²) in [6, 6.07) is 8.97. The maximum absolute atomic E-state index is 12.8. The Kier molecular flexibility index (Phi) is 4.69. The Bertz CT molecular complexity index is 1100.